The molecule has 0 aromatic carbocycles. The van der Waals surface area contributed by atoms with Crippen LogP contribution in [-0.4, -0.2) is 139 Å². The van der Waals surface area contributed by atoms with Crippen LogP contribution in [0.1, 0.15) is 97.8 Å². The van der Waals surface area contributed by atoms with Crippen LogP contribution in [0, 0.1) is 0 Å². The van der Waals surface area contributed by atoms with Gasteiger partial charge in [0.2, 0.25) is 23.6 Å². The molecule has 1 aliphatic rings. The summed E-state index contributed by atoms with van der Waals surface area (Å²) in [6, 6.07) is 0. The molecule has 0 unspecified atom stereocenters. The Morgan fingerprint density at radius 1 is 0.560 bits per heavy atom. The monoisotopic (exact) mass is 715 g/mol. The van der Waals surface area contributed by atoms with Gasteiger partial charge in [0.25, 0.3) is 0 Å². The lowest BCUT2D eigenvalue weighted by atomic mass is 10.0. The van der Waals surface area contributed by atoms with Crippen molar-refractivity contribution in [3.63, 3.8) is 0 Å². The summed E-state index contributed by atoms with van der Waals surface area (Å²) in [5, 5.41) is 40.7. The summed E-state index contributed by atoms with van der Waals surface area (Å²) in [6.07, 6.45) is 1.91. The Morgan fingerprint density at radius 2 is 0.980 bits per heavy atom. The van der Waals surface area contributed by atoms with Crippen LogP contribution in [0.15, 0.2) is 0 Å². The van der Waals surface area contributed by atoms with E-state index in [1.807, 2.05) is 0 Å². The van der Waals surface area contributed by atoms with Gasteiger partial charge in [0.1, 0.15) is 29.9 Å². The summed E-state index contributed by atoms with van der Waals surface area (Å²) in [6.45, 7) is 5.68. The number of nitrogens with zero attached hydrogens (tertiary/aromatic N) is 1. The number of Topliss-reactive ketones (excluding diaryl/α,β-unsaturated/α-hetero) is 2. The molecule has 1 saturated heterocycles. The number of aliphatic hydroxyl groups is 3. The number of amides is 4. The Hall–Kier alpha value is -3.02. The summed E-state index contributed by atoms with van der Waals surface area (Å²) in [7, 11) is 0. The molecule has 0 radical (unpaired) electrons. The maximum Gasteiger partial charge on any atom is 0.234 e. The SMILES string of the molecule is CC(=O)CCCCCNC(=O)CN(CC(=O)NCCCCCC(C)=O)CC(=O)NCCCCCC(=O)NCCO[C@@H]1O[C@@H](C)[C@@H](O)[C@@H](O)[C@@H]1O. The smallest absolute Gasteiger partial charge is 0.234 e. The molecule has 5 atom stereocenters. The average Bonchev–Trinajstić information content (AvgIpc) is 3.05. The van der Waals surface area contributed by atoms with Crippen molar-refractivity contribution < 1.29 is 53.6 Å². The molecule has 1 rings (SSSR count). The fraction of sp³-hybridized carbons (Fsp3) is 0.824. The predicted molar refractivity (Wildman–Crippen MR) is 184 cm³/mol. The number of carbonyl (C=O) groups is 6. The standard InChI is InChI=1S/C34H61N5O11/c1-24(40)13-7-4-10-16-35-28(43)21-39(22-29(44)36-17-11-5-8-14-25(2)41)23-30(45)37-18-12-6-9-15-27(42)38-19-20-49-34-33(48)32(47)31(46)26(3)50-34/h26,31-34,46-48H,4-23H2,1-3H3,(H,35,43)(H,36,44)(H,37,45)(H,38,42)/t26-,31+,32+,33-,34+/m0/s1. The lowest BCUT2D eigenvalue weighted by Crippen LogP contribution is -2.57. The Morgan fingerprint density at radius 3 is 1.42 bits per heavy atom. The highest BCUT2D eigenvalue weighted by Crippen LogP contribution is 2.21. The van der Waals surface area contributed by atoms with Gasteiger partial charge in [-0.15, -0.1) is 0 Å². The van der Waals surface area contributed by atoms with E-state index >= 15 is 0 Å². The highest BCUT2D eigenvalue weighted by atomic mass is 16.7. The molecule has 0 spiro atoms. The van der Waals surface area contributed by atoms with Crippen LogP contribution in [0.5, 0.6) is 0 Å². The third-order valence-corrected chi connectivity index (χ3v) is 8.07. The number of rotatable bonds is 28. The number of carbonyl (C=O) groups excluding carboxylic acids is 6. The highest BCUT2D eigenvalue weighted by molar-refractivity contribution is 5.84. The molecule has 1 fully saturated rings. The van der Waals surface area contributed by atoms with Gasteiger partial charge in [-0.05, 0) is 59.3 Å². The van der Waals surface area contributed by atoms with Gasteiger partial charge in [-0.25, -0.2) is 0 Å². The van der Waals surface area contributed by atoms with Gasteiger partial charge in [0.15, 0.2) is 6.29 Å². The number of aliphatic hydroxyl groups excluding tert-OH is 3. The predicted octanol–water partition coefficient (Wildman–Crippen LogP) is -0.543. The van der Waals surface area contributed by atoms with E-state index in [1.54, 1.807) is 20.8 Å². The van der Waals surface area contributed by atoms with Crippen LogP contribution in [-0.2, 0) is 38.2 Å². The van der Waals surface area contributed by atoms with E-state index in [1.165, 1.54) is 4.90 Å². The van der Waals surface area contributed by atoms with Gasteiger partial charge in [-0.1, -0.05) is 19.3 Å². The first kappa shape index (κ1) is 45.0. The molecule has 0 aliphatic carbocycles. The molecule has 16 heteroatoms. The van der Waals surface area contributed by atoms with Crippen molar-refractivity contribution in [2.24, 2.45) is 0 Å². The van der Waals surface area contributed by atoms with Crippen molar-refractivity contribution >= 4 is 35.2 Å². The molecule has 7 N–H and O–H groups in total. The minimum Gasteiger partial charge on any atom is -0.388 e. The van der Waals surface area contributed by atoms with Crippen LogP contribution in [0.2, 0.25) is 0 Å². The van der Waals surface area contributed by atoms with E-state index in [-0.39, 0.29) is 74.4 Å². The molecule has 0 saturated carbocycles. The number of nitrogens with one attached hydrogen (secondary N) is 4. The Labute approximate surface area is 295 Å². The minimum absolute atomic E-state index is 0.0415. The van der Waals surface area contributed by atoms with Crippen molar-refractivity contribution in [2.75, 3.05) is 52.4 Å². The molecular weight excluding hydrogens is 654 g/mol. The molecule has 0 aromatic heterocycles. The van der Waals surface area contributed by atoms with Crippen molar-refractivity contribution in [1.82, 2.24) is 26.2 Å². The number of ketones is 2. The molecule has 0 aromatic rings. The van der Waals surface area contributed by atoms with Crippen molar-refractivity contribution in [3.8, 4) is 0 Å². The quantitative estimate of drug-likeness (QED) is 0.0506. The number of hydrogen-bond acceptors (Lipinski definition) is 12. The molecule has 288 valence electrons. The Kier molecular flexibility index (Phi) is 24.1. The normalized spacial score (nSPS) is 20.3. The van der Waals surface area contributed by atoms with Crippen LogP contribution in [0.4, 0.5) is 0 Å². The minimum atomic E-state index is -1.41. The van der Waals surface area contributed by atoms with Crippen LogP contribution >= 0.6 is 0 Å². The second-order valence-electron chi connectivity index (χ2n) is 12.9. The number of ether oxygens (including phenoxy) is 2. The zero-order valence-corrected chi connectivity index (χ0v) is 30.1. The fourth-order valence-electron chi connectivity index (χ4n) is 5.17. The third-order valence-electron chi connectivity index (χ3n) is 8.07. The number of hydrogen-bond donors (Lipinski definition) is 7. The van der Waals surface area contributed by atoms with E-state index in [0.29, 0.717) is 51.7 Å². The average molecular weight is 716 g/mol. The lowest BCUT2D eigenvalue weighted by Gasteiger charge is -2.38. The van der Waals surface area contributed by atoms with Crippen molar-refractivity contribution in [2.45, 2.75) is 129 Å². The number of unbranched alkanes of at least 4 members (excludes halogenated alkanes) is 6. The van der Waals surface area contributed by atoms with Gasteiger partial charge in [0.05, 0.1) is 32.3 Å². The van der Waals surface area contributed by atoms with Crippen LogP contribution < -0.4 is 21.3 Å². The van der Waals surface area contributed by atoms with Crippen LogP contribution in [0.25, 0.3) is 0 Å². The van der Waals surface area contributed by atoms with Gasteiger partial charge in [0, 0.05) is 45.4 Å². The maximum absolute atomic E-state index is 12.7. The van der Waals surface area contributed by atoms with Gasteiger partial charge in [-0.3, -0.25) is 24.1 Å². The van der Waals surface area contributed by atoms with E-state index in [2.05, 4.69) is 21.3 Å². The van der Waals surface area contributed by atoms with Gasteiger partial charge in [-0.2, -0.15) is 0 Å². The molecule has 16 nitrogen and oxygen atoms in total. The maximum atomic E-state index is 12.7. The van der Waals surface area contributed by atoms with E-state index in [4.69, 9.17) is 9.47 Å². The van der Waals surface area contributed by atoms with E-state index < -0.39 is 30.7 Å². The van der Waals surface area contributed by atoms with Crippen molar-refractivity contribution in [3.05, 3.63) is 0 Å². The zero-order valence-electron chi connectivity index (χ0n) is 30.1. The highest BCUT2D eigenvalue weighted by Gasteiger charge is 2.42. The lowest BCUT2D eigenvalue weighted by molar-refractivity contribution is -0.292. The summed E-state index contributed by atoms with van der Waals surface area (Å²) < 4.78 is 10.7. The Balaban J connectivity index is 2.33. The first-order valence-corrected chi connectivity index (χ1v) is 17.9. The summed E-state index contributed by atoms with van der Waals surface area (Å²) in [5.41, 5.74) is 0. The molecule has 1 aliphatic heterocycles. The van der Waals surface area contributed by atoms with E-state index in [9.17, 15) is 44.1 Å². The zero-order chi connectivity index (χ0) is 37.3. The second-order valence-corrected chi connectivity index (χ2v) is 12.9. The molecule has 4 amide bonds. The molecule has 1 heterocycles. The van der Waals surface area contributed by atoms with E-state index in [0.717, 1.165) is 38.5 Å². The third kappa shape index (κ3) is 21.9. The Bertz CT molecular complexity index is 1010. The topological polar surface area (TPSA) is 233 Å². The van der Waals surface area contributed by atoms with Gasteiger partial charge < -0.3 is 55.6 Å². The van der Waals surface area contributed by atoms with Crippen molar-refractivity contribution in [1.29, 1.82) is 0 Å². The summed E-state index contributed by atoms with van der Waals surface area (Å²) in [5.74, 6) is -0.868. The molecule has 0 bridgehead atoms. The summed E-state index contributed by atoms with van der Waals surface area (Å²) in [4.78, 5) is 73.6. The first-order chi connectivity index (χ1) is 23.8. The van der Waals surface area contributed by atoms with Gasteiger partial charge >= 0.3 is 0 Å². The van der Waals surface area contributed by atoms with Crippen LogP contribution in [0.3, 0.4) is 0 Å². The second kappa shape index (κ2) is 26.7. The summed E-state index contributed by atoms with van der Waals surface area (Å²) >= 11 is 0. The molecule has 50 heavy (non-hydrogen) atoms. The first-order valence-electron chi connectivity index (χ1n) is 17.9. The molecular formula is C34H61N5O11. The fourth-order valence-corrected chi connectivity index (χ4v) is 5.17. The largest absolute Gasteiger partial charge is 0.388 e.